The van der Waals surface area contributed by atoms with E-state index in [0.29, 0.717) is 10.4 Å². The molecule has 0 unspecified atom stereocenters. The Balaban J connectivity index is 2.08. The second-order valence-corrected chi connectivity index (χ2v) is 7.40. The number of carbonyl (C=O) groups excluding carboxylic acids is 1. The van der Waals surface area contributed by atoms with Gasteiger partial charge in [0, 0.05) is 13.1 Å². The van der Waals surface area contributed by atoms with Crippen molar-refractivity contribution in [2.24, 2.45) is 16.6 Å². The lowest BCUT2D eigenvalue weighted by Crippen LogP contribution is -2.54. The molecule has 1 saturated carbocycles. The van der Waals surface area contributed by atoms with Gasteiger partial charge in [0.2, 0.25) is 5.91 Å². The molecular formula is C16H28N2OS. The summed E-state index contributed by atoms with van der Waals surface area (Å²) in [6, 6.07) is 0. The molecule has 0 atom stereocenters. The molecular weight excluding hydrogens is 268 g/mol. The summed E-state index contributed by atoms with van der Waals surface area (Å²) in [6.07, 6.45) is 8.44. The lowest BCUT2D eigenvalue weighted by molar-refractivity contribution is -0.142. The van der Waals surface area contributed by atoms with Crippen LogP contribution < -0.4 is 5.73 Å². The van der Waals surface area contributed by atoms with E-state index in [1.54, 1.807) is 0 Å². The Morgan fingerprint density at radius 2 is 1.70 bits per heavy atom. The van der Waals surface area contributed by atoms with Crippen LogP contribution in [-0.2, 0) is 4.79 Å². The van der Waals surface area contributed by atoms with E-state index < -0.39 is 5.41 Å². The largest absolute Gasteiger partial charge is 0.392 e. The van der Waals surface area contributed by atoms with Crippen molar-refractivity contribution in [3.05, 3.63) is 0 Å². The van der Waals surface area contributed by atoms with E-state index in [-0.39, 0.29) is 5.91 Å². The first-order valence-corrected chi connectivity index (χ1v) is 8.44. The molecule has 0 aromatic carbocycles. The van der Waals surface area contributed by atoms with Gasteiger partial charge in [-0.3, -0.25) is 4.79 Å². The molecule has 1 aliphatic carbocycles. The van der Waals surface area contributed by atoms with Crippen molar-refractivity contribution in [3.63, 3.8) is 0 Å². The van der Waals surface area contributed by atoms with Gasteiger partial charge in [-0.15, -0.1) is 0 Å². The number of hydrogen-bond acceptors (Lipinski definition) is 2. The standard InChI is InChI=1S/C16H28N2OS/c1-3-15(2)9-11-18(12-10-15)14(19)16(13(17)20)7-5-4-6-8-16/h3-12H2,1-2H3,(H2,17,20). The van der Waals surface area contributed by atoms with Crippen LogP contribution in [0.1, 0.15) is 65.2 Å². The predicted octanol–water partition coefficient (Wildman–Crippen LogP) is 3.26. The normalized spacial score (nSPS) is 25.2. The van der Waals surface area contributed by atoms with Gasteiger partial charge in [-0.1, -0.05) is 51.7 Å². The van der Waals surface area contributed by atoms with Gasteiger partial charge in [-0.25, -0.2) is 0 Å². The van der Waals surface area contributed by atoms with Gasteiger partial charge in [0.1, 0.15) is 0 Å². The van der Waals surface area contributed by atoms with Crippen molar-refractivity contribution in [3.8, 4) is 0 Å². The Morgan fingerprint density at radius 1 is 1.15 bits per heavy atom. The summed E-state index contributed by atoms with van der Waals surface area (Å²) in [5.41, 5.74) is 5.84. The highest BCUT2D eigenvalue weighted by Crippen LogP contribution is 2.41. The molecule has 3 nitrogen and oxygen atoms in total. The second-order valence-electron chi connectivity index (χ2n) is 6.96. The topological polar surface area (TPSA) is 46.3 Å². The molecule has 1 heterocycles. The maximum Gasteiger partial charge on any atom is 0.235 e. The first kappa shape index (κ1) is 15.7. The summed E-state index contributed by atoms with van der Waals surface area (Å²) in [6.45, 7) is 6.31. The summed E-state index contributed by atoms with van der Waals surface area (Å²) in [7, 11) is 0. The molecule has 0 bridgehead atoms. The van der Waals surface area contributed by atoms with Crippen LogP contribution in [0.4, 0.5) is 0 Å². The second kappa shape index (κ2) is 6.00. The Bertz CT molecular complexity index is 380. The number of thiocarbonyl (C=S) groups is 1. The summed E-state index contributed by atoms with van der Waals surface area (Å²) >= 11 is 5.27. The first-order valence-electron chi connectivity index (χ1n) is 8.03. The first-order chi connectivity index (χ1) is 9.43. The number of likely N-dealkylation sites (tertiary alicyclic amines) is 1. The van der Waals surface area contributed by atoms with Gasteiger partial charge < -0.3 is 10.6 Å². The van der Waals surface area contributed by atoms with Gasteiger partial charge in [-0.05, 0) is 31.1 Å². The molecule has 1 amide bonds. The van der Waals surface area contributed by atoms with E-state index >= 15 is 0 Å². The number of amides is 1. The van der Waals surface area contributed by atoms with E-state index in [0.717, 1.165) is 51.6 Å². The number of rotatable bonds is 3. The highest BCUT2D eigenvalue weighted by molar-refractivity contribution is 7.80. The van der Waals surface area contributed by atoms with Gasteiger partial charge in [0.25, 0.3) is 0 Å². The maximum absolute atomic E-state index is 13.0. The number of nitrogens with zero attached hydrogens (tertiary/aromatic N) is 1. The predicted molar refractivity (Wildman–Crippen MR) is 86.5 cm³/mol. The van der Waals surface area contributed by atoms with Crippen LogP contribution in [0.2, 0.25) is 0 Å². The SMILES string of the molecule is CCC1(C)CCN(C(=O)C2(C(N)=S)CCCCC2)CC1. The minimum atomic E-state index is -0.534. The molecule has 0 aromatic rings. The zero-order chi connectivity index (χ0) is 14.8. The third-order valence-electron chi connectivity index (χ3n) is 5.70. The van der Waals surface area contributed by atoms with Crippen LogP contribution in [0.15, 0.2) is 0 Å². The third-order valence-corrected chi connectivity index (χ3v) is 6.09. The highest BCUT2D eigenvalue weighted by atomic mass is 32.1. The zero-order valence-corrected chi connectivity index (χ0v) is 13.7. The van der Waals surface area contributed by atoms with E-state index in [1.165, 1.54) is 12.8 Å². The van der Waals surface area contributed by atoms with Crippen molar-refractivity contribution >= 4 is 23.1 Å². The van der Waals surface area contributed by atoms with Crippen LogP contribution in [0.25, 0.3) is 0 Å². The summed E-state index contributed by atoms with van der Waals surface area (Å²) in [5, 5.41) is 0. The molecule has 20 heavy (non-hydrogen) atoms. The number of hydrogen-bond donors (Lipinski definition) is 1. The smallest absolute Gasteiger partial charge is 0.235 e. The molecule has 2 aliphatic rings. The number of nitrogens with two attached hydrogens (primary N) is 1. The van der Waals surface area contributed by atoms with Gasteiger partial charge >= 0.3 is 0 Å². The molecule has 0 radical (unpaired) electrons. The van der Waals surface area contributed by atoms with Crippen LogP contribution in [0, 0.1) is 10.8 Å². The molecule has 4 heteroatoms. The molecule has 2 rings (SSSR count). The maximum atomic E-state index is 13.0. The van der Waals surface area contributed by atoms with Crippen LogP contribution in [0.3, 0.4) is 0 Å². The number of carbonyl (C=O) groups is 1. The summed E-state index contributed by atoms with van der Waals surface area (Å²) in [4.78, 5) is 15.4. The summed E-state index contributed by atoms with van der Waals surface area (Å²) < 4.78 is 0. The molecule has 114 valence electrons. The Morgan fingerprint density at radius 3 is 2.15 bits per heavy atom. The molecule has 0 spiro atoms. The molecule has 1 saturated heterocycles. The molecule has 0 aromatic heterocycles. The van der Waals surface area contributed by atoms with Crippen LogP contribution in [-0.4, -0.2) is 28.9 Å². The Labute approximate surface area is 128 Å². The lowest BCUT2D eigenvalue weighted by atomic mass is 9.71. The summed E-state index contributed by atoms with van der Waals surface area (Å²) in [5.74, 6) is 0.211. The fourth-order valence-corrected chi connectivity index (χ4v) is 3.92. The van der Waals surface area contributed by atoms with Crippen LogP contribution >= 0.6 is 12.2 Å². The zero-order valence-electron chi connectivity index (χ0n) is 12.9. The molecule has 1 aliphatic heterocycles. The van der Waals surface area contributed by atoms with Gasteiger partial charge in [-0.2, -0.15) is 0 Å². The third kappa shape index (κ3) is 2.85. The minimum Gasteiger partial charge on any atom is -0.392 e. The van der Waals surface area contributed by atoms with E-state index in [9.17, 15) is 4.79 Å². The monoisotopic (exact) mass is 296 g/mol. The van der Waals surface area contributed by atoms with Crippen molar-refractivity contribution < 1.29 is 4.79 Å². The number of piperidine rings is 1. The fourth-order valence-electron chi connectivity index (χ4n) is 3.63. The Kier molecular flexibility index (Phi) is 4.73. The van der Waals surface area contributed by atoms with E-state index in [2.05, 4.69) is 13.8 Å². The fraction of sp³-hybridized carbons (Fsp3) is 0.875. The molecule has 2 fully saturated rings. The van der Waals surface area contributed by atoms with Gasteiger partial charge in [0.15, 0.2) is 0 Å². The Hall–Kier alpha value is -0.640. The minimum absolute atomic E-state index is 0.211. The lowest BCUT2D eigenvalue weighted by Gasteiger charge is -2.44. The van der Waals surface area contributed by atoms with Crippen molar-refractivity contribution in [1.82, 2.24) is 4.90 Å². The average Bonchev–Trinajstić information content (AvgIpc) is 2.48. The highest BCUT2D eigenvalue weighted by Gasteiger charge is 2.45. The van der Waals surface area contributed by atoms with E-state index in [4.69, 9.17) is 18.0 Å². The van der Waals surface area contributed by atoms with Crippen LogP contribution in [0.5, 0.6) is 0 Å². The van der Waals surface area contributed by atoms with Crippen molar-refractivity contribution in [2.75, 3.05) is 13.1 Å². The quantitative estimate of drug-likeness (QED) is 0.813. The van der Waals surface area contributed by atoms with Crippen molar-refractivity contribution in [2.45, 2.75) is 65.2 Å². The van der Waals surface area contributed by atoms with Crippen molar-refractivity contribution in [1.29, 1.82) is 0 Å². The van der Waals surface area contributed by atoms with Gasteiger partial charge in [0.05, 0.1) is 10.4 Å². The molecule has 2 N–H and O–H groups in total. The average molecular weight is 296 g/mol. The van der Waals surface area contributed by atoms with E-state index in [1.807, 2.05) is 4.90 Å².